The highest BCUT2D eigenvalue weighted by molar-refractivity contribution is 5.38. The standard InChI is InChI=1S/C15H14FN3/c1-11-9-13(16)6-5-12(11)7-8-18-15-4-2-3-14(10-17)19-15/h2-6,9H,7-8H2,1H3,(H,18,19). The summed E-state index contributed by atoms with van der Waals surface area (Å²) >= 11 is 0. The van der Waals surface area contributed by atoms with Gasteiger partial charge in [0.1, 0.15) is 23.4 Å². The van der Waals surface area contributed by atoms with Crippen molar-refractivity contribution in [2.45, 2.75) is 13.3 Å². The number of benzene rings is 1. The summed E-state index contributed by atoms with van der Waals surface area (Å²) in [5, 5.41) is 11.9. The average molecular weight is 255 g/mol. The number of halogens is 1. The van der Waals surface area contributed by atoms with Gasteiger partial charge in [0.05, 0.1) is 0 Å². The van der Waals surface area contributed by atoms with Crippen molar-refractivity contribution in [3.8, 4) is 6.07 Å². The SMILES string of the molecule is Cc1cc(F)ccc1CCNc1cccc(C#N)n1. The molecule has 0 atom stereocenters. The van der Waals surface area contributed by atoms with Crippen molar-refractivity contribution in [3.63, 3.8) is 0 Å². The number of hydrogen-bond acceptors (Lipinski definition) is 3. The van der Waals surface area contributed by atoms with Gasteiger partial charge < -0.3 is 5.32 Å². The number of hydrogen-bond donors (Lipinski definition) is 1. The maximum absolute atomic E-state index is 13.0. The molecule has 2 aromatic rings. The predicted molar refractivity (Wildman–Crippen MR) is 72.3 cm³/mol. The van der Waals surface area contributed by atoms with Crippen LogP contribution in [-0.4, -0.2) is 11.5 Å². The molecule has 0 spiro atoms. The molecule has 3 nitrogen and oxygen atoms in total. The first-order chi connectivity index (χ1) is 9.19. The van der Waals surface area contributed by atoms with E-state index in [1.807, 2.05) is 19.1 Å². The van der Waals surface area contributed by atoms with Crippen molar-refractivity contribution in [3.05, 3.63) is 59.0 Å². The summed E-state index contributed by atoms with van der Waals surface area (Å²) in [5.41, 5.74) is 2.44. The van der Waals surface area contributed by atoms with E-state index in [2.05, 4.69) is 10.3 Å². The Morgan fingerprint density at radius 2 is 2.16 bits per heavy atom. The maximum atomic E-state index is 13.0. The Morgan fingerprint density at radius 3 is 2.89 bits per heavy atom. The molecule has 1 heterocycles. The highest BCUT2D eigenvalue weighted by atomic mass is 19.1. The van der Waals surface area contributed by atoms with Crippen molar-refractivity contribution in [2.24, 2.45) is 0 Å². The zero-order valence-electron chi connectivity index (χ0n) is 10.7. The molecule has 4 heteroatoms. The normalized spacial score (nSPS) is 9.95. The first-order valence-electron chi connectivity index (χ1n) is 6.05. The van der Waals surface area contributed by atoms with Crippen LogP contribution in [0.2, 0.25) is 0 Å². The first kappa shape index (κ1) is 13.0. The van der Waals surface area contributed by atoms with Crippen LogP contribution in [0.15, 0.2) is 36.4 Å². The van der Waals surface area contributed by atoms with Gasteiger partial charge >= 0.3 is 0 Å². The molecule has 0 aliphatic heterocycles. The summed E-state index contributed by atoms with van der Waals surface area (Å²) < 4.78 is 13.0. The van der Waals surface area contributed by atoms with Crippen LogP contribution in [0.25, 0.3) is 0 Å². The molecule has 0 radical (unpaired) electrons. The van der Waals surface area contributed by atoms with E-state index in [1.165, 1.54) is 12.1 Å². The highest BCUT2D eigenvalue weighted by Crippen LogP contribution is 2.11. The molecule has 19 heavy (non-hydrogen) atoms. The van der Waals surface area contributed by atoms with Gasteiger partial charge in [-0.3, -0.25) is 0 Å². The van der Waals surface area contributed by atoms with Gasteiger partial charge in [0.25, 0.3) is 0 Å². The van der Waals surface area contributed by atoms with Crippen LogP contribution < -0.4 is 5.32 Å². The first-order valence-corrected chi connectivity index (χ1v) is 6.05. The van der Waals surface area contributed by atoms with Crippen molar-refractivity contribution in [2.75, 3.05) is 11.9 Å². The van der Waals surface area contributed by atoms with Gasteiger partial charge in [-0.1, -0.05) is 12.1 Å². The number of nitrogens with one attached hydrogen (secondary N) is 1. The molecule has 0 fully saturated rings. The van der Waals surface area contributed by atoms with Gasteiger partial charge in [-0.2, -0.15) is 5.26 Å². The van der Waals surface area contributed by atoms with Crippen molar-refractivity contribution in [1.82, 2.24) is 4.98 Å². The van der Waals surface area contributed by atoms with E-state index in [0.29, 0.717) is 18.1 Å². The molecule has 0 saturated carbocycles. The Morgan fingerprint density at radius 1 is 1.32 bits per heavy atom. The molecular weight excluding hydrogens is 241 g/mol. The lowest BCUT2D eigenvalue weighted by molar-refractivity contribution is 0.625. The van der Waals surface area contributed by atoms with E-state index in [9.17, 15) is 4.39 Å². The number of nitriles is 1. The molecule has 0 saturated heterocycles. The summed E-state index contributed by atoms with van der Waals surface area (Å²) in [6, 6.07) is 12.1. The Kier molecular flexibility index (Phi) is 4.09. The molecular formula is C15H14FN3. The fourth-order valence-electron chi connectivity index (χ4n) is 1.86. The quantitative estimate of drug-likeness (QED) is 0.913. The third-order valence-electron chi connectivity index (χ3n) is 2.87. The lowest BCUT2D eigenvalue weighted by Gasteiger charge is -2.08. The second kappa shape index (κ2) is 5.96. The highest BCUT2D eigenvalue weighted by Gasteiger charge is 2.01. The Bertz CT molecular complexity index is 617. The smallest absolute Gasteiger partial charge is 0.142 e. The molecule has 1 N–H and O–H groups in total. The van der Waals surface area contributed by atoms with E-state index < -0.39 is 0 Å². The molecule has 0 bridgehead atoms. The number of rotatable bonds is 4. The van der Waals surface area contributed by atoms with Gasteiger partial charge in [0.15, 0.2) is 0 Å². The molecule has 2 rings (SSSR count). The van der Waals surface area contributed by atoms with Crippen LogP contribution in [0.5, 0.6) is 0 Å². The summed E-state index contributed by atoms with van der Waals surface area (Å²) in [6.45, 7) is 2.58. The fourth-order valence-corrected chi connectivity index (χ4v) is 1.86. The number of aryl methyl sites for hydroxylation is 1. The summed E-state index contributed by atoms with van der Waals surface area (Å²) in [6.07, 6.45) is 0.782. The van der Waals surface area contributed by atoms with E-state index in [1.54, 1.807) is 18.2 Å². The molecule has 0 amide bonds. The third kappa shape index (κ3) is 3.52. The largest absolute Gasteiger partial charge is 0.370 e. The molecule has 0 aliphatic rings. The second-order valence-corrected chi connectivity index (χ2v) is 4.27. The average Bonchev–Trinajstić information content (AvgIpc) is 2.41. The third-order valence-corrected chi connectivity index (χ3v) is 2.87. The monoisotopic (exact) mass is 255 g/mol. The topological polar surface area (TPSA) is 48.7 Å². The van der Waals surface area contributed by atoms with Crippen LogP contribution in [0.4, 0.5) is 10.2 Å². The minimum atomic E-state index is -0.211. The summed E-state index contributed by atoms with van der Waals surface area (Å²) in [5.74, 6) is 0.469. The lowest BCUT2D eigenvalue weighted by Crippen LogP contribution is -2.07. The maximum Gasteiger partial charge on any atom is 0.142 e. The van der Waals surface area contributed by atoms with E-state index in [0.717, 1.165) is 17.5 Å². The zero-order chi connectivity index (χ0) is 13.7. The van der Waals surface area contributed by atoms with E-state index in [4.69, 9.17) is 5.26 Å². The van der Waals surface area contributed by atoms with Crippen molar-refractivity contribution in [1.29, 1.82) is 5.26 Å². The lowest BCUT2D eigenvalue weighted by atomic mass is 10.1. The second-order valence-electron chi connectivity index (χ2n) is 4.27. The molecule has 0 aliphatic carbocycles. The van der Waals surface area contributed by atoms with Crippen molar-refractivity contribution < 1.29 is 4.39 Å². The van der Waals surface area contributed by atoms with Crippen molar-refractivity contribution >= 4 is 5.82 Å². The Hall–Kier alpha value is -2.41. The number of aromatic nitrogens is 1. The van der Waals surface area contributed by atoms with Gasteiger partial charge in [-0.25, -0.2) is 9.37 Å². The molecule has 1 aromatic heterocycles. The predicted octanol–water partition coefficient (Wildman–Crippen LogP) is 3.06. The molecule has 1 aromatic carbocycles. The molecule has 0 unspecified atom stereocenters. The Balaban J connectivity index is 1.94. The van der Waals surface area contributed by atoms with Crippen LogP contribution in [0.1, 0.15) is 16.8 Å². The Labute approximate surface area is 111 Å². The number of pyridine rings is 1. The zero-order valence-corrected chi connectivity index (χ0v) is 10.7. The number of anilines is 1. The van der Waals surface area contributed by atoms with Crippen LogP contribution in [-0.2, 0) is 6.42 Å². The van der Waals surface area contributed by atoms with E-state index >= 15 is 0 Å². The number of nitrogens with zero attached hydrogens (tertiary/aromatic N) is 2. The van der Waals surface area contributed by atoms with Crippen LogP contribution >= 0.6 is 0 Å². The fraction of sp³-hybridized carbons (Fsp3) is 0.200. The summed E-state index contributed by atoms with van der Waals surface area (Å²) in [7, 11) is 0. The van der Waals surface area contributed by atoms with Gasteiger partial charge in [-0.05, 0) is 48.7 Å². The molecule has 96 valence electrons. The minimum absolute atomic E-state index is 0.211. The minimum Gasteiger partial charge on any atom is -0.370 e. The van der Waals surface area contributed by atoms with Crippen LogP contribution in [0, 0.1) is 24.1 Å². The van der Waals surface area contributed by atoms with Crippen LogP contribution in [0.3, 0.4) is 0 Å². The van der Waals surface area contributed by atoms with E-state index in [-0.39, 0.29) is 5.82 Å². The van der Waals surface area contributed by atoms with Gasteiger partial charge in [0.2, 0.25) is 0 Å². The van der Waals surface area contributed by atoms with Gasteiger partial charge in [0, 0.05) is 6.54 Å². The summed E-state index contributed by atoms with van der Waals surface area (Å²) in [4.78, 5) is 4.13. The van der Waals surface area contributed by atoms with Gasteiger partial charge in [-0.15, -0.1) is 0 Å².